The first kappa shape index (κ1) is 19.1. The zero-order valence-electron chi connectivity index (χ0n) is 14.4. The van der Waals surface area contributed by atoms with E-state index in [-0.39, 0.29) is 16.1 Å². The number of carbonyl (C=O) groups excluding carboxylic acids is 1. The summed E-state index contributed by atoms with van der Waals surface area (Å²) in [6.45, 7) is 0. The van der Waals surface area contributed by atoms with Crippen LogP contribution in [0.25, 0.3) is 0 Å². The lowest BCUT2D eigenvalue weighted by Crippen LogP contribution is -2.15. The molecule has 0 spiro atoms. The molecule has 0 radical (unpaired) electrons. The fraction of sp³-hybridized carbons (Fsp3) is 0. The molecule has 140 valence electrons. The van der Waals surface area contributed by atoms with Crippen molar-refractivity contribution in [2.24, 2.45) is 0 Å². The molecule has 3 rings (SSSR count). The molecule has 6 nitrogen and oxygen atoms in total. The van der Waals surface area contributed by atoms with Crippen LogP contribution in [0.15, 0.2) is 77.7 Å². The van der Waals surface area contributed by atoms with E-state index in [9.17, 15) is 17.6 Å². The van der Waals surface area contributed by atoms with Crippen molar-refractivity contribution in [1.82, 2.24) is 0 Å². The molecule has 0 aliphatic heterocycles. The van der Waals surface area contributed by atoms with E-state index in [4.69, 9.17) is 5.26 Å². The standard InChI is InChI=1S/C20H14FN3O3S/c21-16-4-2-5-17(12-16)23-20(25)15-7-9-19(10-8-15)28(26,27)24-18-6-1-3-14(11-18)13-22/h1-12,24H,(H,23,25). The van der Waals surface area contributed by atoms with Crippen molar-refractivity contribution in [3.05, 3.63) is 89.7 Å². The molecule has 0 aliphatic rings. The number of benzene rings is 3. The summed E-state index contributed by atoms with van der Waals surface area (Å²) in [6, 6.07) is 18.7. The topological polar surface area (TPSA) is 99.1 Å². The molecule has 0 atom stereocenters. The Kier molecular flexibility index (Phi) is 5.38. The predicted molar refractivity (Wildman–Crippen MR) is 103 cm³/mol. The highest BCUT2D eigenvalue weighted by Crippen LogP contribution is 2.18. The summed E-state index contributed by atoms with van der Waals surface area (Å²) in [7, 11) is -3.89. The van der Waals surface area contributed by atoms with Gasteiger partial charge in [0.05, 0.1) is 22.2 Å². The first-order valence-electron chi connectivity index (χ1n) is 8.07. The van der Waals surface area contributed by atoms with Gasteiger partial charge in [-0.1, -0.05) is 12.1 Å². The summed E-state index contributed by atoms with van der Waals surface area (Å²) in [5.41, 5.74) is 1.09. The molecule has 0 fully saturated rings. The summed E-state index contributed by atoms with van der Waals surface area (Å²) < 4.78 is 40.5. The number of nitrogens with zero attached hydrogens (tertiary/aromatic N) is 1. The van der Waals surface area contributed by atoms with Crippen molar-refractivity contribution >= 4 is 27.3 Å². The Labute approximate surface area is 161 Å². The number of sulfonamides is 1. The summed E-state index contributed by atoms with van der Waals surface area (Å²) in [5, 5.41) is 11.4. The molecule has 0 unspecified atom stereocenters. The smallest absolute Gasteiger partial charge is 0.261 e. The predicted octanol–water partition coefficient (Wildman–Crippen LogP) is 3.75. The van der Waals surface area contributed by atoms with Gasteiger partial charge in [-0.2, -0.15) is 5.26 Å². The fourth-order valence-electron chi connectivity index (χ4n) is 2.42. The Morgan fingerprint density at radius 2 is 1.61 bits per heavy atom. The van der Waals surface area contributed by atoms with Crippen molar-refractivity contribution in [3.8, 4) is 6.07 Å². The Balaban J connectivity index is 1.75. The van der Waals surface area contributed by atoms with Crippen LogP contribution in [0, 0.1) is 17.1 Å². The fourth-order valence-corrected chi connectivity index (χ4v) is 3.47. The average molecular weight is 395 g/mol. The van der Waals surface area contributed by atoms with Crippen LogP contribution in [0.5, 0.6) is 0 Å². The van der Waals surface area contributed by atoms with Gasteiger partial charge in [0, 0.05) is 11.3 Å². The molecule has 2 N–H and O–H groups in total. The number of carbonyl (C=O) groups is 1. The Bertz CT molecular complexity index is 1170. The van der Waals surface area contributed by atoms with Crippen molar-refractivity contribution in [3.63, 3.8) is 0 Å². The van der Waals surface area contributed by atoms with Crippen LogP contribution < -0.4 is 10.0 Å². The molecule has 3 aromatic carbocycles. The molecule has 8 heteroatoms. The van der Waals surface area contributed by atoms with Crippen LogP contribution in [0.2, 0.25) is 0 Å². The Hall–Kier alpha value is -3.70. The molecule has 0 aliphatic carbocycles. The molecule has 0 saturated carbocycles. The first-order valence-corrected chi connectivity index (χ1v) is 9.56. The summed E-state index contributed by atoms with van der Waals surface area (Å²) >= 11 is 0. The minimum absolute atomic E-state index is 0.0443. The third-order valence-corrected chi connectivity index (χ3v) is 5.15. The van der Waals surface area contributed by atoms with Crippen molar-refractivity contribution in [2.45, 2.75) is 4.90 Å². The third-order valence-electron chi connectivity index (χ3n) is 3.75. The minimum Gasteiger partial charge on any atom is -0.322 e. The van der Waals surface area contributed by atoms with E-state index in [0.29, 0.717) is 11.3 Å². The average Bonchev–Trinajstić information content (AvgIpc) is 2.68. The minimum atomic E-state index is -3.89. The van der Waals surface area contributed by atoms with Crippen LogP contribution >= 0.6 is 0 Å². The summed E-state index contributed by atoms with van der Waals surface area (Å²) in [4.78, 5) is 12.2. The van der Waals surface area contributed by atoms with Gasteiger partial charge in [0.25, 0.3) is 15.9 Å². The van der Waals surface area contributed by atoms with Crippen LogP contribution in [-0.4, -0.2) is 14.3 Å². The second-order valence-corrected chi connectivity index (χ2v) is 7.47. The molecular weight excluding hydrogens is 381 g/mol. The summed E-state index contributed by atoms with van der Waals surface area (Å²) in [5.74, 6) is -0.977. The summed E-state index contributed by atoms with van der Waals surface area (Å²) in [6.07, 6.45) is 0. The van der Waals surface area contributed by atoms with Gasteiger partial charge in [0.1, 0.15) is 5.82 Å². The Morgan fingerprint density at radius 1 is 0.929 bits per heavy atom. The number of hydrogen-bond donors (Lipinski definition) is 2. The van der Waals surface area contributed by atoms with E-state index in [1.807, 2.05) is 6.07 Å². The van der Waals surface area contributed by atoms with Gasteiger partial charge in [-0.15, -0.1) is 0 Å². The molecule has 0 heterocycles. The highest BCUT2D eigenvalue weighted by molar-refractivity contribution is 7.92. The number of anilines is 2. The number of rotatable bonds is 5. The number of nitrogens with one attached hydrogen (secondary N) is 2. The van der Waals surface area contributed by atoms with E-state index in [2.05, 4.69) is 10.0 Å². The lowest BCUT2D eigenvalue weighted by atomic mass is 10.2. The second-order valence-electron chi connectivity index (χ2n) is 5.79. The quantitative estimate of drug-likeness (QED) is 0.687. The lowest BCUT2D eigenvalue weighted by Gasteiger charge is -2.09. The number of amides is 1. The number of nitriles is 1. The first-order chi connectivity index (χ1) is 13.4. The van der Waals surface area contributed by atoms with Gasteiger partial charge in [-0.25, -0.2) is 12.8 Å². The monoisotopic (exact) mass is 395 g/mol. The highest BCUT2D eigenvalue weighted by atomic mass is 32.2. The van der Waals surface area contributed by atoms with Gasteiger partial charge in [-0.05, 0) is 60.7 Å². The number of hydrogen-bond acceptors (Lipinski definition) is 4. The zero-order valence-corrected chi connectivity index (χ0v) is 15.2. The molecule has 28 heavy (non-hydrogen) atoms. The highest BCUT2D eigenvalue weighted by Gasteiger charge is 2.15. The van der Waals surface area contributed by atoms with Crippen molar-refractivity contribution in [2.75, 3.05) is 10.0 Å². The van der Waals surface area contributed by atoms with Crippen LogP contribution in [0.3, 0.4) is 0 Å². The normalized spacial score (nSPS) is 10.7. The molecule has 3 aromatic rings. The van der Waals surface area contributed by atoms with Gasteiger partial charge >= 0.3 is 0 Å². The van der Waals surface area contributed by atoms with Crippen LogP contribution in [-0.2, 0) is 10.0 Å². The Morgan fingerprint density at radius 3 is 2.29 bits per heavy atom. The molecule has 0 aromatic heterocycles. The lowest BCUT2D eigenvalue weighted by molar-refractivity contribution is 0.102. The maximum Gasteiger partial charge on any atom is 0.261 e. The van der Waals surface area contributed by atoms with Crippen LogP contribution in [0.1, 0.15) is 15.9 Å². The van der Waals surface area contributed by atoms with Gasteiger partial charge in [-0.3, -0.25) is 9.52 Å². The molecular formula is C20H14FN3O3S. The SMILES string of the molecule is N#Cc1cccc(NS(=O)(=O)c2ccc(C(=O)Nc3cccc(F)c3)cc2)c1. The third kappa shape index (κ3) is 4.52. The zero-order chi connectivity index (χ0) is 20.1. The van der Waals surface area contributed by atoms with Crippen LogP contribution in [0.4, 0.5) is 15.8 Å². The second kappa shape index (κ2) is 7.90. The molecule has 1 amide bonds. The van der Waals surface area contributed by atoms with E-state index < -0.39 is 21.7 Å². The van der Waals surface area contributed by atoms with E-state index >= 15 is 0 Å². The van der Waals surface area contributed by atoms with Crippen molar-refractivity contribution in [1.29, 1.82) is 5.26 Å². The van der Waals surface area contributed by atoms with Gasteiger partial charge in [0.2, 0.25) is 0 Å². The van der Waals surface area contributed by atoms with Gasteiger partial charge < -0.3 is 5.32 Å². The van der Waals surface area contributed by atoms with Gasteiger partial charge in [0.15, 0.2) is 0 Å². The van der Waals surface area contributed by atoms with Crippen molar-refractivity contribution < 1.29 is 17.6 Å². The number of halogens is 1. The maximum atomic E-state index is 13.2. The maximum absolute atomic E-state index is 13.2. The van der Waals surface area contributed by atoms with E-state index in [1.165, 1.54) is 54.6 Å². The molecule has 0 bridgehead atoms. The molecule has 0 saturated heterocycles. The largest absolute Gasteiger partial charge is 0.322 e. The van der Waals surface area contributed by atoms with E-state index in [1.54, 1.807) is 18.2 Å². The van der Waals surface area contributed by atoms with E-state index in [0.717, 1.165) is 0 Å².